The molecule has 0 aromatic heterocycles. The molecule has 1 heterocycles. The Kier molecular flexibility index (Phi) is 10.6. The molecule has 1 N–H and O–H groups in total. The molecule has 0 bridgehead atoms. The van der Waals surface area contributed by atoms with Gasteiger partial charge in [-0.05, 0) is 48.5 Å². The minimum Gasteiger partial charge on any atom is -0.459 e. The van der Waals surface area contributed by atoms with E-state index in [1.165, 1.54) is 12.1 Å². The number of hydrogen-bond acceptors (Lipinski definition) is 9. The van der Waals surface area contributed by atoms with Gasteiger partial charge in [-0.3, -0.25) is 0 Å². The molecule has 1 fully saturated rings. The van der Waals surface area contributed by atoms with Gasteiger partial charge in [0.2, 0.25) is 10.0 Å². The van der Waals surface area contributed by atoms with Gasteiger partial charge in [-0.1, -0.05) is 95.4 Å². The fourth-order valence-corrected chi connectivity index (χ4v) is 6.88. The van der Waals surface area contributed by atoms with E-state index in [0.717, 1.165) is 0 Å². The summed E-state index contributed by atoms with van der Waals surface area (Å²) < 4.78 is 51.8. The van der Waals surface area contributed by atoms with E-state index < -0.39 is 63.0 Å². The summed E-state index contributed by atoms with van der Waals surface area (Å²) in [4.78, 5) is 39.4. The fraction of sp³-hybridized carbons (Fsp3) is 0.182. The molecule has 0 spiro atoms. The Bertz CT molecular complexity index is 1710. The van der Waals surface area contributed by atoms with E-state index >= 15 is 0 Å². The maximum atomic E-state index is 13.3. The Morgan fingerprint density at radius 2 is 1.07 bits per heavy atom. The minimum absolute atomic E-state index is 0.0142. The molecule has 12 heteroatoms. The van der Waals surface area contributed by atoms with Gasteiger partial charge in [0.15, 0.2) is 12.2 Å². The van der Waals surface area contributed by atoms with E-state index in [1.807, 2.05) is 22.6 Å². The molecule has 45 heavy (non-hydrogen) atoms. The first-order chi connectivity index (χ1) is 21.7. The van der Waals surface area contributed by atoms with Crippen molar-refractivity contribution in [3.05, 3.63) is 138 Å². The standard InChI is InChI=1S/C33H28INO9S/c34-27-29(44-33(38)24-17-9-3-10-18-24)28(43-32(37)23-15-7-2-8-16-23)26(21-41-31(36)22-13-5-1-6-14-22)42-30(27)35-45(39,40)25-19-11-4-12-20-25/h1-20,26-30,35H,21H2/t26-,27+,28-,29-,30-/m1/s1. The Morgan fingerprint density at radius 3 is 1.56 bits per heavy atom. The van der Waals surface area contributed by atoms with Crippen LogP contribution >= 0.6 is 22.6 Å². The Balaban J connectivity index is 1.49. The first-order valence-electron chi connectivity index (χ1n) is 13.8. The summed E-state index contributed by atoms with van der Waals surface area (Å²) in [7, 11) is -4.11. The van der Waals surface area contributed by atoms with Crippen molar-refractivity contribution in [1.29, 1.82) is 0 Å². The van der Waals surface area contributed by atoms with Crippen LogP contribution in [0.2, 0.25) is 0 Å². The maximum absolute atomic E-state index is 13.3. The highest BCUT2D eigenvalue weighted by molar-refractivity contribution is 14.1. The number of rotatable bonds is 10. The van der Waals surface area contributed by atoms with Crippen LogP contribution in [0.25, 0.3) is 0 Å². The van der Waals surface area contributed by atoms with Gasteiger partial charge in [0.1, 0.15) is 18.9 Å². The lowest BCUT2D eigenvalue weighted by molar-refractivity contribution is -0.178. The molecular formula is C33H28INO9S. The van der Waals surface area contributed by atoms with Crippen molar-refractivity contribution in [1.82, 2.24) is 4.72 Å². The second kappa shape index (κ2) is 14.8. The highest BCUT2D eigenvalue weighted by Crippen LogP contribution is 2.32. The number of alkyl halides is 1. The summed E-state index contributed by atoms with van der Waals surface area (Å²) in [6, 6.07) is 32.3. The Labute approximate surface area is 273 Å². The zero-order valence-corrected chi connectivity index (χ0v) is 26.6. The lowest BCUT2D eigenvalue weighted by Gasteiger charge is -2.43. The summed E-state index contributed by atoms with van der Waals surface area (Å²) in [6.45, 7) is -0.452. The number of sulfonamides is 1. The van der Waals surface area contributed by atoms with Gasteiger partial charge >= 0.3 is 17.9 Å². The van der Waals surface area contributed by atoms with Gasteiger partial charge in [0.25, 0.3) is 0 Å². The topological polar surface area (TPSA) is 134 Å². The summed E-state index contributed by atoms with van der Waals surface area (Å²) in [5, 5.41) is 0. The molecule has 5 atom stereocenters. The van der Waals surface area contributed by atoms with Crippen LogP contribution in [0.3, 0.4) is 0 Å². The number of nitrogens with one attached hydrogen (secondary N) is 1. The van der Waals surface area contributed by atoms with E-state index in [1.54, 1.807) is 109 Å². The molecule has 0 saturated carbocycles. The van der Waals surface area contributed by atoms with E-state index in [0.29, 0.717) is 0 Å². The first-order valence-corrected chi connectivity index (χ1v) is 16.6. The third-order valence-electron chi connectivity index (χ3n) is 6.83. The fourth-order valence-electron chi connectivity index (χ4n) is 4.58. The van der Waals surface area contributed by atoms with Crippen molar-refractivity contribution in [3.8, 4) is 0 Å². The van der Waals surface area contributed by atoms with Crippen LogP contribution in [0.15, 0.2) is 126 Å². The molecule has 1 aliphatic heterocycles. The second-order valence-electron chi connectivity index (χ2n) is 9.91. The van der Waals surface area contributed by atoms with Crippen LogP contribution in [0, 0.1) is 0 Å². The van der Waals surface area contributed by atoms with Gasteiger partial charge in [0.05, 0.1) is 25.5 Å². The summed E-state index contributed by atoms with van der Waals surface area (Å²) >= 11 is 1.90. The van der Waals surface area contributed by atoms with E-state index in [4.69, 9.17) is 18.9 Å². The second-order valence-corrected chi connectivity index (χ2v) is 13.1. The molecule has 232 valence electrons. The zero-order valence-electron chi connectivity index (χ0n) is 23.6. The molecule has 0 aliphatic carbocycles. The Morgan fingerprint density at radius 1 is 0.644 bits per heavy atom. The van der Waals surface area contributed by atoms with Crippen molar-refractivity contribution in [3.63, 3.8) is 0 Å². The van der Waals surface area contributed by atoms with E-state index in [9.17, 15) is 22.8 Å². The van der Waals surface area contributed by atoms with Crippen LogP contribution in [0.5, 0.6) is 0 Å². The van der Waals surface area contributed by atoms with Gasteiger partial charge in [-0.25, -0.2) is 22.8 Å². The molecule has 1 aliphatic rings. The van der Waals surface area contributed by atoms with Crippen LogP contribution in [-0.2, 0) is 29.0 Å². The third-order valence-corrected chi connectivity index (χ3v) is 9.63. The molecule has 0 amide bonds. The Hall–Kier alpha value is -4.11. The summed E-state index contributed by atoms with van der Waals surface area (Å²) in [6.07, 6.45) is -5.05. The van der Waals surface area contributed by atoms with Gasteiger partial charge in [-0.2, -0.15) is 4.72 Å². The van der Waals surface area contributed by atoms with Crippen molar-refractivity contribution in [2.75, 3.05) is 6.61 Å². The molecule has 4 aromatic rings. The number of benzene rings is 4. The average molecular weight is 742 g/mol. The summed E-state index contributed by atoms with van der Waals surface area (Å²) in [5.74, 6) is -2.14. The molecule has 4 aromatic carbocycles. The van der Waals surface area contributed by atoms with Gasteiger partial charge in [0, 0.05) is 0 Å². The number of esters is 3. The highest BCUT2D eigenvalue weighted by Gasteiger charge is 2.51. The largest absolute Gasteiger partial charge is 0.459 e. The van der Waals surface area contributed by atoms with Gasteiger partial charge in [-0.15, -0.1) is 0 Å². The van der Waals surface area contributed by atoms with E-state index in [-0.39, 0.29) is 21.6 Å². The molecule has 5 rings (SSSR count). The molecular weight excluding hydrogens is 713 g/mol. The molecule has 1 saturated heterocycles. The lowest BCUT2D eigenvalue weighted by Crippen LogP contribution is -2.63. The zero-order chi connectivity index (χ0) is 31.8. The van der Waals surface area contributed by atoms with Crippen molar-refractivity contribution in [2.45, 2.75) is 33.4 Å². The number of halogens is 1. The predicted molar refractivity (Wildman–Crippen MR) is 171 cm³/mol. The minimum atomic E-state index is -4.11. The van der Waals surface area contributed by atoms with Gasteiger partial charge < -0.3 is 18.9 Å². The summed E-state index contributed by atoms with van der Waals surface area (Å²) in [5.41, 5.74) is 0.725. The van der Waals surface area contributed by atoms with Crippen LogP contribution in [-0.4, -0.2) is 61.4 Å². The van der Waals surface area contributed by atoms with Crippen LogP contribution in [0.1, 0.15) is 31.1 Å². The van der Waals surface area contributed by atoms with E-state index in [2.05, 4.69) is 4.72 Å². The van der Waals surface area contributed by atoms with Crippen molar-refractivity contribution in [2.24, 2.45) is 0 Å². The van der Waals surface area contributed by atoms with Crippen molar-refractivity contribution < 1.29 is 41.7 Å². The molecule has 0 radical (unpaired) electrons. The monoisotopic (exact) mass is 741 g/mol. The average Bonchev–Trinajstić information content (AvgIpc) is 3.08. The quantitative estimate of drug-likeness (QED) is 0.105. The van der Waals surface area contributed by atoms with Crippen molar-refractivity contribution >= 4 is 50.5 Å². The third kappa shape index (κ3) is 8.14. The molecule has 10 nitrogen and oxygen atoms in total. The number of ether oxygens (including phenoxy) is 4. The normalized spacial score (nSPS) is 21.3. The lowest BCUT2D eigenvalue weighted by atomic mass is 10.00. The van der Waals surface area contributed by atoms with Crippen LogP contribution < -0.4 is 4.72 Å². The predicted octanol–water partition coefficient (Wildman–Crippen LogP) is 4.80. The first kappa shape index (κ1) is 32.3. The number of carbonyl (C=O) groups is 3. The number of carbonyl (C=O) groups excluding carboxylic acids is 3. The number of hydrogen-bond donors (Lipinski definition) is 1. The SMILES string of the molecule is O=C(OC[C@H]1O[C@@H](NS(=O)(=O)c2ccccc2)[C@@H](I)[C@@H](OC(=O)c2ccccc2)[C@@H]1OC(=O)c1ccccc1)c1ccccc1. The smallest absolute Gasteiger partial charge is 0.338 e. The highest BCUT2D eigenvalue weighted by atomic mass is 127. The molecule has 0 unspecified atom stereocenters. The maximum Gasteiger partial charge on any atom is 0.338 e. The van der Waals surface area contributed by atoms with Crippen LogP contribution in [0.4, 0.5) is 0 Å².